The topological polar surface area (TPSA) is 58.9 Å². The molecule has 0 aliphatic rings. The van der Waals surface area contributed by atoms with Gasteiger partial charge in [-0.15, -0.1) is 0 Å². The fourth-order valence-electron chi connectivity index (χ4n) is 2.89. The van der Waals surface area contributed by atoms with E-state index >= 15 is 0 Å². The van der Waals surface area contributed by atoms with Crippen LogP contribution in [0.1, 0.15) is 33.4 Å². The van der Waals surface area contributed by atoms with Gasteiger partial charge in [0.1, 0.15) is 11.4 Å². The van der Waals surface area contributed by atoms with E-state index in [1.807, 2.05) is 19.9 Å². The predicted octanol–water partition coefficient (Wildman–Crippen LogP) is 4.45. The van der Waals surface area contributed by atoms with Crippen molar-refractivity contribution in [3.8, 4) is 0 Å². The van der Waals surface area contributed by atoms with Crippen molar-refractivity contribution in [3.05, 3.63) is 57.6 Å². The van der Waals surface area contributed by atoms with Gasteiger partial charge in [0.25, 0.3) is 0 Å². The maximum atomic E-state index is 10.7. The predicted molar refractivity (Wildman–Crippen MR) is 90.2 cm³/mol. The molecule has 0 radical (unpaired) electrons. The van der Waals surface area contributed by atoms with Crippen LogP contribution < -0.4 is 0 Å². The first kappa shape index (κ1) is 16.6. The summed E-state index contributed by atoms with van der Waals surface area (Å²) in [6, 6.07) is 7.97. The van der Waals surface area contributed by atoms with E-state index < -0.39 is 0 Å². The number of aryl methyl sites for hydroxylation is 3. The van der Waals surface area contributed by atoms with Crippen LogP contribution in [0.3, 0.4) is 0 Å². The minimum absolute atomic E-state index is 0.351. The summed E-state index contributed by atoms with van der Waals surface area (Å²) in [6.07, 6.45) is 3.79. The smallest absolute Gasteiger partial charge is 0.211 e. The van der Waals surface area contributed by atoms with Crippen LogP contribution in [0.25, 0.3) is 0 Å². The Labute approximate surface area is 135 Å². The van der Waals surface area contributed by atoms with E-state index in [1.165, 1.54) is 22.8 Å². The van der Waals surface area contributed by atoms with Crippen molar-refractivity contribution in [3.63, 3.8) is 0 Å². The number of isocyanates is 2. The first-order valence-corrected chi connectivity index (χ1v) is 7.33. The molecule has 2 rings (SSSR count). The van der Waals surface area contributed by atoms with Gasteiger partial charge in [0.15, 0.2) is 0 Å². The normalized spacial score (nSPS) is 9.91. The Bertz CT molecular complexity index is 836. The number of nitrogens with zero attached hydrogens (tertiary/aromatic N) is 2. The second-order valence-electron chi connectivity index (χ2n) is 5.62. The van der Waals surface area contributed by atoms with Crippen LogP contribution in [0.2, 0.25) is 0 Å². The number of hydrogen-bond acceptors (Lipinski definition) is 4. The van der Waals surface area contributed by atoms with Crippen molar-refractivity contribution in [2.24, 2.45) is 9.98 Å². The SMILES string of the molecule is Cc1cccc(C)c1Cc1c(C)cc(N=C=O)c(N=C=O)c1C. The van der Waals surface area contributed by atoms with E-state index in [9.17, 15) is 9.59 Å². The fourth-order valence-corrected chi connectivity index (χ4v) is 2.89. The molecular weight excluding hydrogens is 288 g/mol. The number of benzene rings is 2. The summed E-state index contributed by atoms with van der Waals surface area (Å²) in [6.45, 7) is 8.02. The first-order chi connectivity index (χ1) is 11.0. The third-order valence-electron chi connectivity index (χ3n) is 4.20. The van der Waals surface area contributed by atoms with Crippen LogP contribution in [0, 0.1) is 27.7 Å². The molecule has 0 amide bonds. The molecule has 0 aliphatic carbocycles. The van der Waals surface area contributed by atoms with E-state index in [2.05, 4.69) is 36.0 Å². The summed E-state index contributed by atoms with van der Waals surface area (Å²) in [7, 11) is 0. The van der Waals surface area contributed by atoms with Gasteiger partial charge in [-0.25, -0.2) is 9.59 Å². The van der Waals surface area contributed by atoms with Gasteiger partial charge < -0.3 is 0 Å². The van der Waals surface area contributed by atoms with Crippen molar-refractivity contribution in [1.29, 1.82) is 0 Å². The van der Waals surface area contributed by atoms with Crippen LogP contribution >= 0.6 is 0 Å². The Morgan fingerprint density at radius 1 is 0.870 bits per heavy atom. The molecule has 2 aromatic carbocycles. The van der Waals surface area contributed by atoms with E-state index in [-0.39, 0.29) is 0 Å². The molecule has 0 saturated heterocycles. The lowest BCUT2D eigenvalue weighted by Crippen LogP contribution is -2.00. The van der Waals surface area contributed by atoms with E-state index in [1.54, 1.807) is 12.1 Å². The third kappa shape index (κ3) is 3.35. The van der Waals surface area contributed by atoms with E-state index in [0.29, 0.717) is 11.4 Å². The Morgan fingerprint density at radius 3 is 2.04 bits per heavy atom. The second kappa shape index (κ2) is 6.97. The maximum absolute atomic E-state index is 10.7. The molecule has 0 atom stereocenters. The van der Waals surface area contributed by atoms with Crippen molar-refractivity contribution in [2.45, 2.75) is 34.1 Å². The Kier molecular flexibility index (Phi) is 5.02. The van der Waals surface area contributed by atoms with Crippen molar-refractivity contribution < 1.29 is 9.59 Å². The maximum Gasteiger partial charge on any atom is 0.240 e. The Balaban J connectivity index is 2.66. The molecule has 0 aliphatic heterocycles. The average Bonchev–Trinajstić information content (AvgIpc) is 2.50. The molecule has 0 unspecified atom stereocenters. The minimum Gasteiger partial charge on any atom is -0.211 e. The van der Waals surface area contributed by atoms with Crippen molar-refractivity contribution in [2.75, 3.05) is 0 Å². The third-order valence-corrected chi connectivity index (χ3v) is 4.20. The summed E-state index contributed by atoms with van der Waals surface area (Å²) >= 11 is 0. The Morgan fingerprint density at radius 2 is 1.48 bits per heavy atom. The summed E-state index contributed by atoms with van der Waals surface area (Å²) in [5, 5.41) is 0. The monoisotopic (exact) mass is 306 g/mol. The highest BCUT2D eigenvalue weighted by Crippen LogP contribution is 2.37. The second-order valence-corrected chi connectivity index (χ2v) is 5.62. The van der Waals surface area contributed by atoms with Crippen LogP contribution in [0.15, 0.2) is 34.3 Å². The quantitative estimate of drug-likeness (QED) is 0.619. The summed E-state index contributed by atoms with van der Waals surface area (Å²) in [5.41, 5.74) is 7.36. The molecule has 0 saturated carbocycles. The number of rotatable bonds is 4. The highest BCUT2D eigenvalue weighted by molar-refractivity contribution is 5.74. The van der Waals surface area contributed by atoms with Gasteiger partial charge >= 0.3 is 0 Å². The van der Waals surface area contributed by atoms with E-state index in [0.717, 1.165) is 23.1 Å². The molecule has 2 aromatic rings. The van der Waals surface area contributed by atoms with E-state index in [4.69, 9.17) is 0 Å². The number of aliphatic imine (C=N–C) groups is 2. The highest BCUT2D eigenvalue weighted by atomic mass is 16.1. The molecule has 0 spiro atoms. The highest BCUT2D eigenvalue weighted by Gasteiger charge is 2.15. The van der Waals surface area contributed by atoms with Crippen LogP contribution in [0.4, 0.5) is 11.4 Å². The molecule has 4 heteroatoms. The fraction of sp³-hybridized carbons (Fsp3) is 0.263. The van der Waals surface area contributed by atoms with Crippen molar-refractivity contribution >= 4 is 23.5 Å². The molecular formula is C19H18N2O2. The van der Waals surface area contributed by atoms with Crippen LogP contribution in [0.5, 0.6) is 0 Å². The van der Waals surface area contributed by atoms with Gasteiger partial charge in [0.05, 0.1) is 0 Å². The molecule has 0 fully saturated rings. The zero-order chi connectivity index (χ0) is 17.0. The van der Waals surface area contributed by atoms with Gasteiger partial charge in [0, 0.05) is 0 Å². The summed E-state index contributed by atoms with van der Waals surface area (Å²) in [5.74, 6) is 0. The molecule has 0 bridgehead atoms. The summed E-state index contributed by atoms with van der Waals surface area (Å²) in [4.78, 5) is 28.7. The van der Waals surface area contributed by atoms with Crippen LogP contribution in [-0.2, 0) is 16.0 Å². The number of carbonyl (C=O) groups excluding carboxylic acids is 2. The average molecular weight is 306 g/mol. The van der Waals surface area contributed by atoms with Gasteiger partial charge in [-0.3, -0.25) is 0 Å². The van der Waals surface area contributed by atoms with Crippen LogP contribution in [-0.4, -0.2) is 12.2 Å². The standard InChI is InChI=1S/C19H18N2O2/c1-12-6-5-7-13(2)16(12)9-17-14(3)8-18(20-10-22)19(15(17)4)21-11-23/h5-8H,9H2,1-4H3. The Hall–Kier alpha value is -2.80. The molecule has 0 N–H and O–H groups in total. The van der Waals surface area contributed by atoms with Gasteiger partial charge in [0.2, 0.25) is 12.2 Å². The molecule has 0 heterocycles. The largest absolute Gasteiger partial charge is 0.240 e. The van der Waals surface area contributed by atoms with Gasteiger partial charge in [-0.1, -0.05) is 18.2 Å². The zero-order valence-corrected chi connectivity index (χ0v) is 13.7. The lowest BCUT2D eigenvalue weighted by molar-refractivity contribution is 0.564. The lowest BCUT2D eigenvalue weighted by atomic mass is 9.90. The molecule has 23 heavy (non-hydrogen) atoms. The summed E-state index contributed by atoms with van der Waals surface area (Å²) < 4.78 is 0. The lowest BCUT2D eigenvalue weighted by Gasteiger charge is -2.16. The molecule has 0 aromatic heterocycles. The van der Waals surface area contributed by atoms with Crippen molar-refractivity contribution in [1.82, 2.24) is 0 Å². The molecule has 116 valence electrons. The van der Waals surface area contributed by atoms with Gasteiger partial charge in [-0.05, 0) is 73.6 Å². The molecule has 4 nitrogen and oxygen atoms in total. The van der Waals surface area contributed by atoms with Gasteiger partial charge in [-0.2, -0.15) is 9.98 Å². The minimum atomic E-state index is 0.351. The number of hydrogen-bond donors (Lipinski definition) is 0. The zero-order valence-electron chi connectivity index (χ0n) is 13.7. The first-order valence-electron chi connectivity index (χ1n) is 7.33.